The van der Waals surface area contributed by atoms with E-state index in [2.05, 4.69) is 62.9 Å². The van der Waals surface area contributed by atoms with Crippen LogP contribution in [0.1, 0.15) is 33.3 Å². The summed E-state index contributed by atoms with van der Waals surface area (Å²) in [5.74, 6) is 1.14. The Labute approximate surface area is 108 Å². The van der Waals surface area contributed by atoms with Gasteiger partial charge in [0.15, 0.2) is 0 Å². The van der Waals surface area contributed by atoms with Crippen molar-refractivity contribution in [3.8, 4) is 0 Å². The van der Waals surface area contributed by atoms with Gasteiger partial charge < -0.3 is 4.90 Å². The van der Waals surface area contributed by atoms with Crippen molar-refractivity contribution in [2.45, 2.75) is 39.8 Å². The van der Waals surface area contributed by atoms with E-state index in [9.17, 15) is 0 Å². The fourth-order valence-electron chi connectivity index (χ4n) is 1.91. The predicted molar refractivity (Wildman–Crippen MR) is 79.9 cm³/mol. The van der Waals surface area contributed by atoms with Gasteiger partial charge in [0.1, 0.15) is 5.84 Å². The molecule has 94 valence electrons. The molecule has 0 saturated heterocycles. The van der Waals surface area contributed by atoms with Crippen molar-refractivity contribution < 1.29 is 0 Å². The van der Waals surface area contributed by atoms with Gasteiger partial charge in [-0.1, -0.05) is 30.3 Å². The molecule has 0 aliphatic rings. The maximum Gasteiger partial charge on any atom is 0.131 e. The molecule has 1 aromatic carbocycles. The average molecular weight is 248 g/mol. The van der Waals surface area contributed by atoms with Gasteiger partial charge in [-0.05, 0) is 27.7 Å². The molecule has 0 aliphatic carbocycles. The zero-order valence-corrected chi connectivity index (χ0v) is 13.6. The van der Waals surface area contributed by atoms with Crippen molar-refractivity contribution in [1.29, 1.82) is 0 Å². The van der Waals surface area contributed by atoms with Gasteiger partial charge in [-0.25, -0.2) is 0 Å². The van der Waals surface area contributed by atoms with E-state index >= 15 is 0 Å². The lowest BCUT2D eigenvalue weighted by Crippen LogP contribution is -2.39. The zero-order valence-electron chi connectivity index (χ0n) is 11.6. The van der Waals surface area contributed by atoms with Gasteiger partial charge >= 0.3 is 0 Å². The summed E-state index contributed by atoms with van der Waals surface area (Å²) in [4.78, 5) is 7.21. The molecule has 0 unspecified atom stereocenters. The maximum atomic E-state index is 4.80. The molecule has 0 amide bonds. The molecule has 0 spiro atoms. The first kappa shape index (κ1) is 14.0. The van der Waals surface area contributed by atoms with Crippen LogP contribution in [0.15, 0.2) is 35.3 Å². The highest BCUT2D eigenvalue weighted by atomic mass is 28.1. The normalized spacial score (nSPS) is 12.5. The molecule has 0 radical (unpaired) electrons. The first-order valence-corrected chi connectivity index (χ1v) is 7.87. The largest absolute Gasteiger partial charge is 0.358 e. The minimum atomic E-state index is 0.333. The van der Waals surface area contributed by atoms with E-state index in [0.29, 0.717) is 12.1 Å². The van der Waals surface area contributed by atoms with E-state index < -0.39 is 0 Å². The minimum Gasteiger partial charge on any atom is -0.358 e. The summed E-state index contributed by atoms with van der Waals surface area (Å²) in [6.07, 6.45) is 1.12. The first-order valence-electron chi connectivity index (χ1n) is 6.46. The third-order valence-corrected chi connectivity index (χ3v) is 3.33. The second-order valence-electron chi connectivity index (χ2n) is 4.79. The fraction of sp³-hybridized carbons (Fsp3) is 0.500. The van der Waals surface area contributed by atoms with Crippen molar-refractivity contribution >= 4 is 16.1 Å². The topological polar surface area (TPSA) is 15.6 Å². The summed E-state index contributed by atoms with van der Waals surface area (Å²) in [7, 11) is 1.16. The van der Waals surface area contributed by atoms with Crippen LogP contribution in [0.2, 0.25) is 0 Å². The highest BCUT2D eigenvalue weighted by molar-refractivity contribution is 6.11. The second-order valence-corrected chi connectivity index (χ2v) is 5.42. The molecule has 0 N–H and O–H groups in total. The van der Waals surface area contributed by atoms with Crippen LogP contribution in [-0.2, 0) is 0 Å². The van der Waals surface area contributed by atoms with Crippen molar-refractivity contribution in [3.63, 3.8) is 0 Å². The van der Waals surface area contributed by atoms with Crippen molar-refractivity contribution in [2.75, 3.05) is 6.17 Å². The van der Waals surface area contributed by atoms with Crippen molar-refractivity contribution in [3.05, 3.63) is 35.9 Å². The van der Waals surface area contributed by atoms with Crippen LogP contribution in [0.5, 0.6) is 0 Å². The number of aliphatic imine (C=N–C) groups is 1. The lowest BCUT2D eigenvalue weighted by Gasteiger charge is -2.29. The Balaban J connectivity index is 3.13. The molecule has 3 heteroatoms. The van der Waals surface area contributed by atoms with Gasteiger partial charge in [0.05, 0.1) is 0 Å². The standard InChI is InChI=1S/C14H24N2Si/c1-11(2)15-14(16(10-17)12(3)4)13-8-6-5-7-9-13/h5-9,11-12H,10H2,1-4,17H3. The average Bonchev–Trinajstić information content (AvgIpc) is 2.29. The Hall–Kier alpha value is -1.09. The Morgan fingerprint density at radius 3 is 2.18 bits per heavy atom. The highest BCUT2D eigenvalue weighted by Crippen LogP contribution is 2.10. The van der Waals surface area contributed by atoms with Crippen LogP contribution in [0, 0.1) is 0 Å². The summed E-state index contributed by atoms with van der Waals surface area (Å²) in [5.41, 5.74) is 1.23. The third kappa shape index (κ3) is 4.00. The molecule has 1 aromatic rings. The molecular formula is C14H24N2Si. The van der Waals surface area contributed by atoms with Gasteiger partial charge in [0, 0.05) is 34.1 Å². The van der Waals surface area contributed by atoms with E-state index in [-0.39, 0.29) is 0 Å². The molecule has 2 nitrogen and oxygen atoms in total. The number of hydrogen-bond donors (Lipinski definition) is 0. The lowest BCUT2D eigenvalue weighted by atomic mass is 10.1. The molecule has 0 heterocycles. The monoisotopic (exact) mass is 248 g/mol. The van der Waals surface area contributed by atoms with E-state index in [1.807, 2.05) is 0 Å². The summed E-state index contributed by atoms with van der Waals surface area (Å²) in [5, 5.41) is 0. The molecule has 0 fully saturated rings. The Bertz CT molecular complexity index is 358. The van der Waals surface area contributed by atoms with Crippen molar-refractivity contribution in [1.82, 2.24) is 4.90 Å². The number of benzene rings is 1. The van der Waals surface area contributed by atoms with Crippen molar-refractivity contribution in [2.24, 2.45) is 4.99 Å². The SMILES string of the molecule is CC(C)N=C(c1ccccc1)N(C[SiH3])C(C)C. The summed E-state index contributed by atoms with van der Waals surface area (Å²) in [6, 6.07) is 11.3. The molecule has 0 bridgehead atoms. The quantitative estimate of drug-likeness (QED) is 0.451. The van der Waals surface area contributed by atoms with Crippen LogP contribution >= 0.6 is 0 Å². The number of nitrogens with zero attached hydrogens (tertiary/aromatic N) is 2. The molecule has 17 heavy (non-hydrogen) atoms. The van der Waals surface area contributed by atoms with Gasteiger partial charge in [0.2, 0.25) is 0 Å². The second kappa shape index (κ2) is 6.60. The number of amidine groups is 1. The smallest absolute Gasteiger partial charge is 0.131 e. The van der Waals surface area contributed by atoms with E-state index in [4.69, 9.17) is 4.99 Å². The Kier molecular flexibility index (Phi) is 5.42. The fourth-order valence-corrected chi connectivity index (χ4v) is 2.94. The first-order chi connectivity index (χ1) is 8.06. The van der Waals surface area contributed by atoms with Crippen LogP contribution in [0.4, 0.5) is 0 Å². The molecule has 0 aromatic heterocycles. The summed E-state index contributed by atoms with van der Waals surface area (Å²) in [6.45, 7) is 8.73. The molecule has 0 saturated carbocycles. The summed E-state index contributed by atoms with van der Waals surface area (Å²) >= 11 is 0. The van der Waals surface area contributed by atoms with Gasteiger partial charge in [-0.15, -0.1) is 0 Å². The molecule has 0 atom stereocenters. The van der Waals surface area contributed by atoms with Gasteiger partial charge in [-0.3, -0.25) is 4.99 Å². The Morgan fingerprint density at radius 1 is 1.18 bits per heavy atom. The van der Waals surface area contributed by atoms with Gasteiger partial charge in [0.25, 0.3) is 0 Å². The highest BCUT2D eigenvalue weighted by Gasteiger charge is 2.14. The molecule has 0 aliphatic heterocycles. The Morgan fingerprint density at radius 2 is 1.76 bits per heavy atom. The zero-order chi connectivity index (χ0) is 12.8. The van der Waals surface area contributed by atoms with Gasteiger partial charge in [-0.2, -0.15) is 0 Å². The minimum absolute atomic E-state index is 0.333. The predicted octanol–water partition coefficient (Wildman–Crippen LogP) is 1.87. The molecular weight excluding hydrogens is 224 g/mol. The van der Waals surface area contributed by atoms with Crippen LogP contribution in [-0.4, -0.2) is 39.2 Å². The van der Waals surface area contributed by atoms with Crippen LogP contribution in [0.3, 0.4) is 0 Å². The van der Waals surface area contributed by atoms with Crippen LogP contribution < -0.4 is 0 Å². The van der Waals surface area contributed by atoms with E-state index in [1.54, 1.807) is 0 Å². The van der Waals surface area contributed by atoms with E-state index in [0.717, 1.165) is 22.2 Å². The third-order valence-electron chi connectivity index (χ3n) is 2.65. The maximum absolute atomic E-state index is 4.80. The summed E-state index contributed by atoms with van der Waals surface area (Å²) < 4.78 is 0. The molecule has 1 rings (SSSR count). The number of hydrogen-bond acceptors (Lipinski definition) is 1. The lowest BCUT2D eigenvalue weighted by molar-refractivity contribution is 0.397. The number of rotatable bonds is 4. The van der Waals surface area contributed by atoms with E-state index in [1.165, 1.54) is 5.56 Å². The van der Waals surface area contributed by atoms with Crippen LogP contribution in [0.25, 0.3) is 0 Å².